The number of carbonyl (C=O) groups is 1. The van der Waals surface area contributed by atoms with Gasteiger partial charge >= 0.3 is 6.09 Å². The van der Waals surface area contributed by atoms with E-state index < -0.39 is 5.60 Å². The van der Waals surface area contributed by atoms with Crippen LogP contribution in [0.3, 0.4) is 0 Å². The van der Waals surface area contributed by atoms with E-state index in [9.17, 15) is 9.90 Å². The Morgan fingerprint density at radius 2 is 1.93 bits per heavy atom. The molecule has 2 fully saturated rings. The second-order valence-corrected chi connectivity index (χ2v) is 9.05. The van der Waals surface area contributed by atoms with Gasteiger partial charge in [0.05, 0.1) is 19.3 Å². The molecule has 3 rings (SSSR count). The third-order valence-electron chi connectivity index (χ3n) is 5.77. The number of carbonyl (C=O) groups excluding carboxylic acids is 1. The first-order valence-electron chi connectivity index (χ1n) is 10.1. The normalized spacial score (nSPS) is 30.6. The van der Waals surface area contributed by atoms with Gasteiger partial charge in [-0.3, -0.25) is 0 Å². The van der Waals surface area contributed by atoms with E-state index in [0.29, 0.717) is 25.0 Å². The Bertz CT molecular complexity index is 612. The molecule has 0 bridgehead atoms. The molecule has 0 aliphatic heterocycles. The van der Waals surface area contributed by atoms with Crippen LogP contribution in [0.25, 0.3) is 0 Å². The topological polar surface area (TPSA) is 67.8 Å². The highest BCUT2D eigenvalue weighted by Gasteiger charge is 2.45. The van der Waals surface area contributed by atoms with Crippen molar-refractivity contribution in [1.82, 2.24) is 5.32 Å². The molecule has 5 atom stereocenters. The summed E-state index contributed by atoms with van der Waals surface area (Å²) in [5, 5.41) is 13.6. The summed E-state index contributed by atoms with van der Waals surface area (Å²) in [4.78, 5) is 12.0. The van der Waals surface area contributed by atoms with Gasteiger partial charge in [0, 0.05) is 12.0 Å². The number of hydrogen-bond acceptors (Lipinski definition) is 4. The fourth-order valence-electron chi connectivity index (χ4n) is 4.62. The van der Waals surface area contributed by atoms with Crippen LogP contribution in [0.1, 0.15) is 52.0 Å². The van der Waals surface area contributed by atoms with Crippen molar-refractivity contribution in [3.63, 3.8) is 0 Å². The van der Waals surface area contributed by atoms with Gasteiger partial charge in [-0.25, -0.2) is 4.79 Å². The molecule has 5 nitrogen and oxygen atoms in total. The van der Waals surface area contributed by atoms with Crippen molar-refractivity contribution in [2.24, 2.45) is 17.8 Å². The summed E-state index contributed by atoms with van der Waals surface area (Å²) in [6.45, 7) is 6.80. The molecule has 27 heavy (non-hydrogen) atoms. The molecule has 5 heteroatoms. The van der Waals surface area contributed by atoms with Crippen molar-refractivity contribution < 1.29 is 19.4 Å². The third-order valence-corrected chi connectivity index (χ3v) is 5.77. The molecule has 1 aromatic carbocycles. The van der Waals surface area contributed by atoms with Crippen molar-refractivity contribution in [2.45, 2.75) is 70.8 Å². The molecule has 150 valence electrons. The van der Waals surface area contributed by atoms with Crippen LogP contribution in [0, 0.1) is 17.8 Å². The SMILES string of the molecule is CC(C)(C)OC(=O)NC1CC[C@@H]2[C@@H](C1)C[C@H](O)[C@H]2COCc1ccccc1. The molecule has 2 aliphatic rings. The molecule has 0 saturated heterocycles. The molecule has 0 spiro atoms. The Hall–Kier alpha value is -1.59. The number of hydrogen-bond donors (Lipinski definition) is 2. The summed E-state index contributed by atoms with van der Waals surface area (Å²) < 4.78 is 11.3. The molecule has 1 amide bonds. The van der Waals surface area contributed by atoms with E-state index in [0.717, 1.165) is 31.2 Å². The lowest BCUT2D eigenvalue weighted by Crippen LogP contribution is -2.43. The van der Waals surface area contributed by atoms with E-state index in [2.05, 4.69) is 17.4 Å². The number of rotatable bonds is 5. The van der Waals surface area contributed by atoms with Gasteiger partial charge in [0.1, 0.15) is 5.60 Å². The van der Waals surface area contributed by atoms with Gasteiger partial charge < -0.3 is 19.9 Å². The number of amides is 1. The summed E-state index contributed by atoms with van der Waals surface area (Å²) in [6, 6.07) is 10.3. The van der Waals surface area contributed by atoms with Crippen LogP contribution < -0.4 is 5.32 Å². The van der Waals surface area contributed by atoms with E-state index in [1.165, 1.54) is 0 Å². The quantitative estimate of drug-likeness (QED) is 0.819. The van der Waals surface area contributed by atoms with Crippen LogP contribution in [0.15, 0.2) is 30.3 Å². The number of fused-ring (bicyclic) bond motifs is 1. The molecular weight excluding hydrogens is 342 g/mol. The van der Waals surface area contributed by atoms with Crippen LogP contribution in [0.4, 0.5) is 4.79 Å². The molecule has 2 saturated carbocycles. The number of ether oxygens (including phenoxy) is 2. The molecular formula is C22H33NO4. The van der Waals surface area contributed by atoms with Crippen molar-refractivity contribution in [1.29, 1.82) is 0 Å². The number of benzene rings is 1. The minimum atomic E-state index is -0.480. The lowest BCUT2D eigenvalue weighted by atomic mass is 9.76. The average Bonchev–Trinajstić information content (AvgIpc) is 2.89. The van der Waals surface area contributed by atoms with Crippen molar-refractivity contribution in [3.8, 4) is 0 Å². The van der Waals surface area contributed by atoms with Crippen molar-refractivity contribution >= 4 is 6.09 Å². The van der Waals surface area contributed by atoms with Gasteiger partial charge in [0.15, 0.2) is 0 Å². The Kier molecular flexibility index (Phi) is 6.43. The maximum Gasteiger partial charge on any atom is 0.407 e. The fraction of sp³-hybridized carbons (Fsp3) is 0.682. The van der Waals surface area contributed by atoms with Gasteiger partial charge in [-0.1, -0.05) is 30.3 Å². The Labute approximate surface area is 162 Å². The van der Waals surface area contributed by atoms with Crippen LogP contribution in [-0.4, -0.2) is 35.6 Å². The van der Waals surface area contributed by atoms with Gasteiger partial charge in [-0.05, 0) is 63.9 Å². The summed E-state index contributed by atoms with van der Waals surface area (Å²) in [5.41, 5.74) is 0.679. The summed E-state index contributed by atoms with van der Waals surface area (Å²) >= 11 is 0. The highest BCUT2D eigenvalue weighted by atomic mass is 16.6. The van der Waals surface area contributed by atoms with Gasteiger partial charge in [0.25, 0.3) is 0 Å². The standard InChI is InChI=1S/C22H33NO4/c1-22(2,3)27-21(25)23-17-9-10-18-16(11-17)12-20(24)19(18)14-26-13-15-7-5-4-6-8-15/h4-8,16-20,24H,9-14H2,1-3H3,(H,23,25)/t16-,17?,18+,19-,20-/m0/s1. The highest BCUT2D eigenvalue weighted by molar-refractivity contribution is 5.68. The summed E-state index contributed by atoms with van der Waals surface area (Å²) in [5.74, 6) is 1.12. The summed E-state index contributed by atoms with van der Waals surface area (Å²) in [6.07, 6.45) is 3.01. The minimum Gasteiger partial charge on any atom is -0.444 e. The number of nitrogens with one attached hydrogen (secondary N) is 1. The predicted molar refractivity (Wildman–Crippen MR) is 104 cm³/mol. The first-order chi connectivity index (χ1) is 12.8. The first-order valence-corrected chi connectivity index (χ1v) is 10.1. The first kappa shape index (κ1) is 20.2. The second-order valence-electron chi connectivity index (χ2n) is 9.05. The van der Waals surface area contributed by atoms with E-state index in [-0.39, 0.29) is 24.2 Å². The second kappa shape index (κ2) is 8.61. The zero-order valence-corrected chi connectivity index (χ0v) is 16.7. The Morgan fingerprint density at radius 1 is 1.19 bits per heavy atom. The zero-order valence-electron chi connectivity index (χ0n) is 16.7. The predicted octanol–water partition coefficient (Wildman–Crippen LogP) is 3.89. The van der Waals surface area contributed by atoms with Gasteiger partial charge in [0.2, 0.25) is 0 Å². The zero-order chi connectivity index (χ0) is 19.4. The maximum absolute atomic E-state index is 12.0. The van der Waals surface area contributed by atoms with Crippen molar-refractivity contribution in [2.75, 3.05) is 6.61 Å². The molecule has 2 N–H and O–H groups in total. The smallest absolute Gasteiger partial charge is 0.407 e. The van der Waals surface area contributed by atoms with E-state index in [1.54, 1.807) is 0 Å². The van der Waals surface area contributed by atoms with Gasteiger partial charge in [-0.15, -0.1) is 0 Å². The number of alkyl carbamates (subject to hydrolysis) is 1. The lowest BCUT2D eigenvalue weighted by molar-refractivity contribution is 0.0147. The largest absolute Gasteiger partial charge is 0.444 e. The number of aliphatic hydroxyl groups excluding tert-OH is 1. The molecule has 0 radical (unpaired) electrons. The van der Waals surface area contributed by atoms with Crippen LogP contribution >= 0.6 is 0 Å². The molecule has 1 aromatic rings. The molecule has 0 aromatic heterocycles. The lowest BCUT2D eigenvalue weighted by Gasteiger charge is -2.35. The van der Waals surface area contributed by atoms with Crippen LogP contribution in [0.2, 0.25) is 0 Å². The monoisotopic (exact) mass is 375 g/mol. The molecule has 0 heterocycles. The minimum absolute atomic E-state index is 0.136. The van der Waals surface area contributed by atoms with Crippen LogP contribution in [-0.2, 0) is 16.1 Å². The molecule has 2 aliphatic carbocycles. The summed E-state index contributed by atoms with van der Waals surface area (Å²) in [7, 11) is 0. The average molecular weight is 376 g/mol. The molecule has 1 unspecified atom stereocenters. The maximum atomic E-state index is 12.0. The fourth-order valence-corrected chi connectivity index (χ4v) is 4.62. The van der Waals surface area contributed by atoms with E-state index in [4.69, 9.17) is 9.47 Å². The van der Waals surface area contributed by atoms with E-state index >= 15 is 0 Å². The Morgan fingerprint density at radius 3 is 2.63 bits per heavy atom. The van der Waals surface area contributed by atoms with Gasteiger partial charge in [-0.2, -0.15) is 0 Å². The third kappa shape index (κ3) is 5.69. The van der Waals surface area contributed by atoms with Crippen molar-refractivity contribution in [3.05, 3.63) is 35.9 Å². The van der Waals surface area contributed by atoms with E-state index in [1.807, 2.05) is 39.0 Å². The highest BCUT2D eigenvalue weighted by Crippen LogP contribution is 2.46. The Balaban J connectivity index is 1.46. The van der Waals surface area contributed by atoms with Crippen LogP contribution in [0.5, 0.6) is 0 Å². The number of aliphatic hydroxyl groups is 1.